The molecule has 0 unspecified atom stereocenters. The van der Waals surface area contributed by atoms with Gasteiger partial charge in [0.1, 0.15) is 12.1 Å². The van der Waals surface area contributed by atoms with Crippen molar-refractivity contribution in [3.8, 4) is 0 Å². The van der Waals surface area contributed by atoms with E-state index in [0.29, 0.717) is 17.8 Å². The highest BCUT2D eigenvalue weighted by atomic mass is 16.2. The highest BCUT2D eigenvalue weighted by Crippen LogP contribution is 2.23. The van der Waals surface area contributed by atoms with Gasteiger partial charge in [0.05, 0.1) is 29.4 Å². The summed E-state index contributed by atoms with van der Waals surface area (Å²) >= 11 is 0. The maximum absolute atomic E-state index is 12.9. The van der Waals surface area contributed by atoms with E-state index < -0.39 is 0 Å². The minimum absolute atomic E-state index is 0.149. The van der Waals surface area contributed by atoms with E-state index in [1.807, 2.05) is 44.3 Å². The van der Waals surface area contributed by atoms with Gasteiger partial charge in [0, 0.05) is 39.8 Å². The molecule has 1 aliphatic rings. The molecule has 2 aromatic carbocycles. The SMILES string of the molecule is Cc1ccc(CNC(=O)c2ccccc2NC(=O)CN2CCN(c3ncnc4c3cnn4C)CC2)cc1. The first-order valence-corrected chi connectivity index (χ1v) is 12.3. The Balaban J connectivity index is 1.15. The summed E-state index contributed by atoms with van der Waals surface area (Å²) in [6.07, 6.45) is 3.35. The zero-order chi connectivity index (χ0) is 25.8. The van der Waals surface area contributed by atoms with Gasteiger partial charge >= 0.3 is 0 Å². The van der Waals surface area contributed by atoms with E-state index in [0.717, 1.165) is 48.6 Å². The van der Waals surface area contributed by atoms with Gasteiger partial charge in [0.2, 0.25) is 5.91 Å². The number of hydrogen-bond donors (Lipinski definition) is 2. The van der Waals surface area contributed by atoms with Crippen molar-refractivity contribution in [2.24, 2.45) is 7.05 Å². The summed E-state index contributed by atoms with van der Waals surface area (Å²) in [6, 6.07) is 15.1. The Morgan fingerprint density at radius 3 is 2.51 bits per heavy atom. The van der Waals surface area contributed by atoms with E-state index in [2.05, 4.69) is 35.5 Å². The van der Waals surface area contributed by atoms with Crippen molar-refractivity contribution in [3.05, 3.63) is 77.7 Å². The Kier molecular flexibility index (Phi) is 7.09. The van der Waals surface area contributed by atoms with E-state index in [-0.39, 0.29) is 18.4 Å². The summed E-state index contributed by atoms with van der Waals surface area (Å²) in [4.78, 5) is 38.8. The Labute approximate surface area is 215 Å². The minimum atomic E-state index is -0.225. The molecule has 2 aromatic heterocycles. The molecule has 2 N–H and O–H groups in total. The van der Waals surface area contributed by atoms with Crippen LogP contribution in [0, 0.1) is 6.92 Å². The number of nitrogens with one attached hydrogen (secondary N) is 2. The van der Waals surface area contributed by atoms with Crippen LogP contribution in [0.3, 0.4) is 0 Å². The molecule has 190 valence electrons. The van der Waals surface area contributed by atoms with Gasteiger partial charge in [-0.3, -0.25) is 19.2 Å². The summed E-state index contributed by atoms with van der Waals surface area (Å²) in [5.74, 6) is 0.494. The third kappa shape index (κ3) is 5.59. The standard InChI is InChI=1S/C27H30N8O2/c1-19-7-9-20(10-8-19)15-28-27(37)21-5-3-4-6-23(21)32-24(36)17-34-11-13-35(14-12-34)26-22-16-31-33(2)25(22)29-18-30-26/h3-10,16,18H,11-15,17H2,1-2H3,(H,28,37)(H,32,36). The van der Waals surface area contributed by atoms with E-state index in [1.165, 1.54) is 5.56 Å². The summed E-state index contributed by atoms with van der Waals surface area (Å²) in [6.45, 7) is 5.62. The van der Waals surface area contributed by atoms with Crippen molar-refractivity contribution < 1.29 is 9.59 Å². The fourth-order valence-corrected chi connectivity index (χ4v) is 4.49. The molecule has 10 nitrogen and oxygen atoms in total. The van der Waals surface area contributed by atoms with Crippen molar-refractivity contribution in [1.29, 1.82) is 0 Å². The summed E-state index contributed by atoms with van der Waals surface area (Å²) in [5, 5.41) is 11.1. The van der Waals surface area contributed by atoms with Crippen LogP contribution in [0.25, 0.3) is 11.0 Å². The molecule has 1 saturated heterocycles. The van der Waals surface area contributed by atoms with E-state index in [1.54, 1.807) is 35.4 Å². The number of carbonyl (C=O) groups is 2. The molecule has 10 heteroatoms. The molecular formula is C27H30N8O2. The monoisotopic (exact) mass is 498 g/mol. The molecule has 0 spiro atoms. The van der Waals surface area contributed by atoms with Crippen LogP contribution >= 0.6 is 0 Å². The molecule has 0 atom stereocenters. The number of benzene rings is 2. The average molecular weight is 499 g/mol. The molecule has 0 bridgehead atoms. The van der Waals surface area contributed by atoms with Crippen molar-refractivity contribution in [2.75, 3.05) is 42.9 Å². The summed E-state index contributed by atoms with van der Waals surface area (Å²) in [7, 11) is 1.86. The van der Waals surface area contributed by atoms with Gasteiger partial charge in [-0.15, -0.1) is 0 Å². The molecule has 0 radical (unpaired) electrons. The Morgan fingerprint density at radius 1 is 0.973 bits per heavy atom. The summed E-state index contributed by atoms with van der Waals surface area (Å²) in [5.41, 5.74) is 3.94. The van der Waals surface area contributed by atoms with Gasteiger partial charge in [-0.05, 0) is 24.6 Å². The number of fused-ring (bicyclic) bond motifs is 1. The first kappa shape index (κ1) is 24.4. The van der Waals surface area contributed by atoms with Gasteiger partial charge in [0.15, 0.2) is 5.65 Å². The van der Waals surface area contributed by atoms with Crippen LogP contribution in [0.2, 0.25) is 0 Å². The molecule has 3 heterocycles. The highest BCUT2D eigenvalue weighted by molar-refractivity contribution is 6.04. The Morgan fingerprint density at radius 2 is 1.73 bits per heavy atom. The van der Waals surface area contributed by atoms with Crippen molar-refractivity contribution in [2.45, 2.75) is 13.5 Å². The van der Waals surface area contributed by atoms with E-state index >= 15 is 0 Å². The zero-order valence-corrected chi connectivity index (χ0v) is 21.0. The van der Waals surface area contributed by atoms with Crippen LogP contribution in [0.4, 0.5) is 11.5 Å². The molecule has 1 aliphatic heterocycles. The fourth-order valence-electron chi connectivity index (χ4n) is 4.49. The molecule has 0 aliphatic carbocycles. The number of para-hydroxylation sites is 1. The van der Waals surface area contributed by atoms with Crippen LogP contribution < -0.4 is 15.5 Å². The quantitative estimate of drug-likeness (QED) is 0.403. The second-order valence-electron chi connectivity index (χ2n) is 9.23. The zero-order valence-electron chi connectivity index (χ0n) is 21.0. The molecule has 37 heavy (non-hydrogen) atoms. The van der Waals surface area contributed by atoms with Crippen LogP contribution in [-0.4, -0.2) is 69.2 Å². The van der Waals surface area contributed by atoms with Crippen LogP contribution in [-0.2, 0) is 18.4 Å². The number of carbonyl (C=O) groups excluding carboxylic acids is 2. The number of nitrogens with zero attached hydrogens (tertiary/aromatic N) is 6. The van der Waals surface area contributed by atoms with Gasteiger partial charge in [-0.25, -0.2) is 9.97 Å². The average Bonchev–Trinajstić information content (AvgIpc) is 3.30. The maximum Gasteiger partial charge on any atom is 0.253 e. The van der Waals surface area contributed by atoms with Crippen molar-refractivity contribution in [1.82, 2.24) is 30.0 Å². The first-order valence-electron chi connectivity index (χ1n) is 12.3. The number of hydrogen-bond acceptors (Lipinski definition) is 7. The number of anilines is 2. The smallest absolute Gasteiger partial charge is 0.253 e. The predicted molar refractivity (Wildman–Crippen MR) is 142 cm³/mol. The van der Waals surface area contributed by atoms with Crippen LogP contribution in [0.5, 0.6) is 0 Å². The Bertz CT molecular complexity index is 1410. The topological polar surface area (TPSA) is 108 Å². The number of rotatable bonds is 7. The molecule has 5 rings (SSSR count). The largest absolute Gasteiger partial charge is 0.353 e. The van der Waals surface area contributed by atoms with Crippen molar-refractivity contribution in [3.63, 3.8) is 0 Å². The van der Waals surface area contributed by atoms with Gasteiger partial charge in [0.25, 0.3) is 5.91 Å². The molecule has 0 saturated carbocycles. The highest BCUT2D eigenvalue weighted by Gasteiger charge is 2.23. The summed E-state index contributed by atoms with van der Waals surface area (Å²) < 4.78 is 1.74. The number of piperazine rings is 1. The third-order valence-corrected chi connectivity index (χ3v) is 6.57. The second-order valence-corrected chi connectivity index (χ2v) is 9.23. The normalized spacial score (nSPS) is 14.1. The van der Waals surface area contributed by atoms with Crippen molar-refractivity contribution >= 4 is 34.4 Å². The third-order valence-electron chi connectivity index (χ3n) is 6.57. The lowest BCUT2D eigenvalue weighted by Crippen LogP contribution is -2.49. The number of amides is 2. The number of aromatic nitrogens is 4. The molecule has 4 aromatic rings. The lowest BCUT2D eigenvalue weighted by molar-refractivity contribution is -0.117. The van der Waals surface area contributed by atoms with Crippen LogP contribution in [0.1, 0.15) is 21.5 Å². The Hall–Kier alpha value is -4.31. The molecule has 2 amide bonds. The van der Waals surface area contributed by atoms with Gasteiger partial charge in [-0.1, -0.05) is 42.0 Å². The predicted octanol–water partition coefficient (Wildman–Crippen LogP) is 2.36. The molecule has 1 fully saturated rings. The fraction of sp³-hybridized carbons (Fsp3) is 0.296. The number of aryl methyl sites for hydroxylation is 2. The molecular weight excluding hydrogens is 468 g/mol. The van der Waals surface area contributed by atoms with E-state index in [4.69, 9.17) is 0 Å². The van der Waals surface area contributed by atoms with Gasteiger partial charge < -0.3 is 15.5 Å². The van der Waals surface area contributed by atoms with Crippen LogP contribution in [0.15, 0.2) is 61.1 Å². The van der Waals surface area contributed by atoms with E-state index in [9.17, 15) is 9.59 Å². The maximum atomic E-state index is 12.9. The van der Waals surface area contributed by atoms with Gasteiger partial charge in [-0.2, -0.15) is 5.10 Å². The minimum Gasteiger partial charge on any atom is -0.353 e. The lowest BCUT2D eigenvalue weighted by atomic mass is 10.1. The lowest BCUT2D eigenvalue weighted by Gasteiger charge is -2.35. The second kappa shape index (κ2) is 10.8. The first-order chi connectivity index (χ1) is 18.0.